The molecule has 0 aromatic heterocycles. The van der Waals surface area contributed by atoms with E-state index in [9.17, 15) is 22.4 Å². The number of esters is 1. The summed E-state index contributed by atoms with van der Waals surface area (Å²) in [6.45, 7) is 1.48. The highest BCUT2D eigenvalue weighted by molar-refractivity contribution is 5.72. The zero-order chi connectivity index (χ0) is 13.9. The molecule has 0 atom stereocenters. The first-order chi connectivity index (χ1) is 8.43. The molecular formula is C11H10F4O3. The molecular weight excluding hydrogens is 256 g/mol. The highest BCUT2D eigenvalue weighted by Crippen LogP contribution is 2.30. The number of ether oxygens (including phenoxy) is 2. The maximum absolute atomic E-state index is 13.4. The summed E-state index contributed by atoms with van der Waals surface area (Å²) in [5.41, 5.74) is -1.02. The SMILES string of the molecule is CCOC(=O)Cc1c(F)c(F)c(OC)c(F)c1F. The third-order valence-electron chi connectivity index (χ3n) is 2.14. The summed E-state index contributed by atoms with van der Waals surface area (Å²) >= 11 is 0. The van der Waals surface area contributed by atoms with E-state index in [1.165, 1.54) is 6.92 Å². The lowest BCUT2D eigenvalue weighted by molar-refractivity contribution is -0.142. The summed E-state index contributed by atoms with van der Waals surface area (Å²) in [7, 11) is 0.866. The normalized spacial score (nSPS) is 10.3. The molecule has 0 saturated carbocycles. The molecule has 0 fully saturated rings. The maximum atomic E-state index is 13.4. The Morgan fingerprint density at radius 3 is 1.94 bits per heavy atom. The topological polar surface area (TPSA) is 35.5 Å². The summed E-state index contributed by atoms with van der Waals surface area (Å²) in [5, 5.41) is 0. The number of carbonyl (C=O) groups excluding carboxylic acids is 1. The molecule has 0 saturated heterocycles. The number of hydrogen-bond donors (Lipinski definition) is 0. The van der Waals surface area contributed by atoms with Gasteiger partial charge >= 0.3 is 5.97 Å². The fourth-order valence-electron chi connectivity index (χ4n) is 1.35. The molecule has 0 spiro atoms. The predicted octanol–water partition coefficient (Wildman–Crippen LogP) is 2.36. The second-order valence-electron chi connectivity index (χ2n) is 3.25. The van der Waals surface area contributed by atoms with Crippen LogP contribution in [0.15, 0.2) is 0 Å². The molecule has 100 valence electrons. The van der Waals surface area contributed by atoms with Crippen molar-refractivity contribution in [1.82, 2.24) is 0 Å². The third kappa shape index (κ3) is 2.55. The summed E-state index contributed by atoms with van der Waals surface area (Å²) < 4.78 is 62.0. The van der Waals surface area contributed by atoms with Crippen LogP contribution in [0.2, 0.25) is 0 Å². The number of carbonyl (C=O) groups is 1. The van der Waals surface area contributed by atoms with Crippen LogP contribution in [0.25, 0.3) is 0 Å². The second kappa shape index (κ2) is 5.70. The van der Waals surface area contributed by atoms with Crippen molar-refractivity contribution in [2.75, 3.05) is 13.7 Å². The van der Waals surface area contributed by atoms with Crippen molar-refractivity contribution in [1.29, 1.82) is 0 Å². The first kappa shape index (κ1) is 14.3. The molecule has 18 heavy (non-hydrogen) atoms. The zero-order valence-corrected chi connectivity index (χ0v) is 9.65. The van der Waals surface area contributed by atoms with E-state index < -0.39 is 47.0 Å². The average molecular weight is 266 g/mol. The number of rotatable bonds is 4. The molecule has 3 nitrogen and oxygen atoms in total. The fourth-order valence-corrected chi connectivity index (χ4v) is 1.35. The standard InChI is InChI=1S/C11H10F4O3/c1-3-18-6(16)4-5-7(12)9(14)11(17-2)10(15)8(5)13/h3-4H2,1-2H3. The smallest absolute Gasteiger partial charge is 0.310 e. The molecule has 0 bridgehead atoms. The Morgan fingerprint density at radius 2 is 1.56 bits per heavy atom. The van der Waals surface area contributed by atoms with Crippen molar-refractivity contribution in [3.63, 3.8) is 0 Å². The van der Waals surface area contributed by atoms with Crippen LogP contribution in [0.5, 0.6) is 5.75 Å². The van der Waals surface area contributed by atoms with E-state index in [1.54, 1.807) is 0 Å². The molecule has 0 heterocycles. The maximum Gasteiger partial charge on any atom is 0.310 e. The molecule has 0 amide bonds. The number of benzene rings is 1. The summed E-state index contributed by atoms with van der Waals surface area (Å²) in [6, 6.07) is 0. The van der Waals surface area contributed by atoms with Crippen LogP contribution in [0.3, 0.4) is 0 Å². The van der Waals surface area contributed by atoms with Gasteiger partial charge in [-0.25, -0.2) is 8.78 Å². The quantitative estimate of drug-likeness (QED) is 0.477. The lowest BCUT2D eigenvalue weighted by Gasteiger charge is -2.10. The summed E-state index contributed by atoms with van der Waals surface area (Å²) in [5.74, 6) is -8.86. The molecule has 0 aliphatic heterocycles. The molecule has 1 aromatic rings. The van der Waals surface area contributed by atoms with Crippen LogP contribution in [0, 0.1) is 23.3 Å². The summed E-state index contributed by atoms with van der Waals surface area (Å²) in [6.07, 6.45) is -0.899. The van der Waals surface area contributed by atoms with E-state index in [-0.39, 0.29) is 6.61 Å². The van der Waals surface area contributed by atoms with Gasteiger partial charge in [0, 0.05) is 5.56 Å². The van der Waals surface area contributed by atoms with E-state index in [0.29, 0.717) is 0 Å². The molecule has 7 heteroatoms. The Balaban J connectivity index is 3.25. The minimum absolute atomic E-state index is 0.0107. The lowest BCUT2D eigenvalue weighted by atomic mass is 10.1. The van der Waals surface area contributed by atoms with Crippen LogP contribution >= 0.6 is 0 Å². The summed E-state index contributed by atoms with van der Waals surface area (Å²) in [4.78, 5) is 11.1. The second-order valence-corrected chi connectivity index (χ2v) is 3.25. The van der Waals surface area contributed by atoms with Crippen LogP contribution in [-0.2, 0) is 16.0 Å². The number of hydrogen-bond acceptors (Lipinski definition) is 3. The Hall–Kier alpha value is -1.79. The Kier molecular flexibility index (Phi) is 4.52. The van der Waals surface area contributed by atoms with Crippen LogP contribution < -0.4 is 4.74 Å². The van der Waals surface area contributed by atoms with Crippen molar-refractivity contribution < 1.29 is 31.8 Å². The van der Waals surface area contributed by atoms with Gasteiger partial charge in [0.05, 0.1) is 20.1 Å². The van der Waals surface area contributed by atoms with Crippen molar-refractivity contribution in [2.45, 2.75) is 13.3 Å². The van der Waals surface area contributed by atoms with Gasteiger partial charge in [-0.1, -0.05) is 0 Å². The molecule has 0 N–H and O–H groups in total. The molecule has 0 aliphatic carbocycles. The molecule has 0 aliphatic rings. The van der Waals surface area contributed by atoms with Crippen LogP contribution in [0.4, 0.5) is 17.6 Å². The lowest BCUT2D eigenvalue weighted by Crippen LogP contribution is -2.13. The van der Waals surface area contributed by atoms with Crippen molar-refractivity contribution in [2.24, 2.45) is 0 Å². The zero-order valence-electron chi connectivity index (χ0n) is 9.65. The predicted molar refractivity (Wildman–Crippen MR) is 53.2 cm³/mol. The van der Waals surface area contributed by atoms with E-state index in [4.69, 9.17) is 0 Å². The minimum atomic E-state index is -1.68. The minimum Gasteiger partial charge on any atom is -0.491 e. The van der Waals surface area contributed by atoms with Gasteiger partial charge < -0.3 is 9.47 Å². The highest BCUT2D eigenvalue weighted by atomic mass is 19.2. The van der Waals surface area contributed by atoms with Gasteiger partial charge in [-0.15, -0.1) is 0 Å². The molecule has 1 rings (SSSR count). The van der Waals surface area contributed by atoms with E-state index in [1.807, 2.05) is 0 Å². The first-order valence-corrected chi connectivity index (χ1v) is 4.98. The van der Waals surface area contributed by atoms with Crippen molar-refractivity contribution >= 4 is 5.97 Å². The van der Waals surface area contributed by atoms with Crippen LogP contribution in [0.1, 0.15) is 12.5 Å². The fraction of sp³-hybridized carbons (Fsp3) is 0.364. The monoisotopic (exact) mass is 266 g/mol. The average Bonchev–Trinajstić information content (AvgIpc) is 2.33. The van der Waals surface area contributed by atoms with Crippen molar-refractivity contribution in [3.8, 4) is 5.75 Å². The van der Waals surface area contributed by atoms with Crippen molar-refractivity contribution in [3.05, 3.63) is 28.8 Å². The van der Waals surface area contributed by atoms with Gasteiger partial charge in [-0.2, -0.15) is 8.78 Å². The van der Waals surface area contributed by atoms with Gasteiger partial charge in [0.15, 0.2) is 17.4 Å². The van der Waals surface area contributed by atoms with Gasteiger partial charge in [0.2, 0.25) is 11.6 Å². The third-order valence-corrected chi connectivity index (χ3v) is 2.14. The largest absolute Gasteiger partial charge is 0.491 e. The van der Waals surface area contributed by atoms with Gasteiger partial charge in [0.1, 0.15) is 0 Å². The Bertz CT molecular complexity index is 445. The van der Waals surface area contributed by atoms with Gasteiger partial charge in [0.25, 0.3) is 0 Å². The number of methoxy groups -OCH3 is 1. The highest BCUT2D eigenvalue weighted by Gasteiger charge is 2.27. The molecule has 0 unspecified atom stereocenters. The van der Waals surface area contributed by atoms with Gasteiger partial charge in [-0.3, -0.25) is 4.79 Å². The van der Waals surface area contributed by atoms with E-state index >= 15 is 0 Å². The first-order valence-electron chi connectivity index (χ1n) is 4.98. The number of halogens is 4. The van der Waals surface area contributed by atoms with Crippen LogP contribution in [-0.4, -0.2) is 19.7 Å². The Labute approximate surface area is 100 Å². The van der Waals surface area contributed by atoms with Gasteiger partial charge in [-0.05, 0) is 6.92 Å². The van der Waals surface area contributed by atoms with E-state index in [2.05, 4.69) is 9.47 Å². The molecule has 1 aromatic carbocycles. The van der Waals surface area contributed by atoms with E-state index in [0.717, 1.165) is 7.11 Å². The Morgan fingerprint density at radius 1 is 1.06 bits per heavy atom. The molecule has 0 radical (unpaired) electrons.